The van der Waals surface area contributed by atoms with E-state index in [9.17, 15) is 0 Å². The topological polar surface area (TPSA) is 59.4 Å². The summed E-state index contributed by atoms with van der Waals surface area (Å²) in [7, 11) is 0. The van der Waals surface area contributed by atoms with Crippen LogP contribution in [0.15, 0.2) is 35.3 Å². The number of aromatic nitrogens is 2. The van der Waals surface area contributed by atoms with Crippen LogP contribution in [0.25, 0.3) is 5.69 Å². The maximum Gasteiger partial charge on any atom is 0.191 e. The molecule has 118 valence electrons. The van der Waals surface area contributed by atoms with Gasteiger partial charge in [-0.2, -0.15) is 5.10 Å². The first-order valence-electron chi connectivity index (χ1n) is 7.73. The van der Waals surface area contributed by atoms with Gasteiger partial charge in [0.25, 0.3) is 0 Å². The summed E-state index contributed by atoms with van der Waals surface area (Å²) in [5.74, 6) is 0.591. The summed E-state index contributed by atoms with van der Waals surface area (Å²) in [6, 6.07) is 10.3. The van der Waals surface area contributed by atoms with Crippen LogP contribution >= 0.6 is 0 Å². The number of aryl methyl sites for hydroxylation is 2. The molecule has 0 unspecified atom stereocenters. The molecule has 1 aromatic carbocycles. The molecule has 5 heteroatoms. The first kappa shape index (κ1) is 16.1. The average Bonchev–Trinajstić information content (AvgIpc) is 2.85. The summed E-state index contributed by atoms with van der Waals surface area (Å²) >= 11 is 0. The van der Waals surface area contributed by atoms with Gasteiger partial charge in [0, 0.05) is 18.8 Å². The lowest BCUT2D eigenvalue weighted by Crippen LogP contribution is -2.37. The van der Waals surface area contributed by atoms with E-state index in [1.807, 2.05) is 28.6 Å². The van der Waals surface area contributed by atoms with Crippen molar-refractivity contribution in [2.75, 3.05) is 13.1 Å². The van der Waals surface area contributed by atoms with Crippen LogP contribution in [0.3, 0.4) is 0 Å². The highest BCUT2D eigenvalue weighted by molar-refractivity contribution is 5.78. The Morgan fingerprint density at radius 1 is 1.23 bits per heavy atom. The van der Waals surface area contributed by atoms with Crippen LogP contribution in [0.2, 0.25) is 0 Å². The van der Waals surface area contributed by atoms with E-state index in [-0.39, 0.29) is 0 Å². The van der Waals surface area contributed by atoms with Gasteiger partial charge in [-0.1, -0.05) is 18.2 Å². The van der Waals surface area contributed by atoms with Crippen molar-refractivity contribution in [3.63, 3.8) is 0 Å². The molecule has 0 spiro atoms. The maximum absolute atomic E-state index is 6.06. The zero-order valence-corrected chi connectivity index (χ0v) is 13.9. The van der Waals surface area contributed by atoms with Crippen molar-refractivity contribution in [2.24, 2.45) is 10.7 Å². The molecule has 5 nitrogen and oxygen atoms in total. The fraction of sp³-hybridized carbons (Fsp3) is 0.412. The Kier molecular flexibility index (Phi) is 5.20. The fourth-order valence-corrected chi connectivity index (χ4v) is 2.54. The molecule has 22 heavy (non-hydrogen) atoms. The molecule has 0 fully saturated rings. The van der Waals surface area contributed by atoms with Gasteiger partial charge in [-0.3, -0.25) is 0 Å². The lowest BCUT2D eigenvalue weighted by atomic mass is 10.2. The van der Waals surface area contributed by atoms with Gasteiger partial charge in [0.05, 0.1) is 17.9 Å². The van der Waals surface area contributed by atoms with Gasteiger partial charge in [0.1, 0.15) is 0 Å². The lowest BCUT2D eigenvalue weighted by molar-refractivity contribution is 0.458. The first-order valence-corrected chi connectivity index (χ1v) is 7.73. The van der Waals surface area contributed by atoms with Gasteiger partial charge in [0.2, 0.25) is 0 Å². The molecule has 0 amide bonds. The summed E-state index contributed by atoms with van der Waals surface area (Å²) in [5, 5.41) is 4.56. The summed E-state index contributed by atoms with van der Waals surface area (Å²) in [6.45, 7) is 10.5. The molecule has 2 rings (SSSR count). The van der Waals surface area contributed by atoms with Crippen molar-refractivity contribution >= 4 is 5.96 Å². The molecule has 0 aliphatic heterocycles. The minimum atomic E-state index is 0.552. The molecule has 0 saturated carbocycles. The molecular weight excluding hydrogens is 274 g/mol. The Bertz CT molecular complexity index is 653. The highest BCUT2D eigenvalue weighted by atomic mass is 15.3. The van der Waals surface area contributed by atoms with Crippen LogP contribution in [0.4, 0.5) is 0 Å². The number of guanidine groups is 1. The summed E-state index contributed by atoms with van der Waals surface area (Å²) in [4.78, 5) is 6.59. The van der Waals surface area contributed by atoms with Gasteiger partial charge in [0.15, 0.2) is 5.96 Å². The highest BCUT2D eigenvalue weighted by Crippen LogP contribution is 2.17. The van der Waals surface area contributed by atoms with E-state index in [0.29, 0.717) is 12.5 Å². The number of rotatable bonds is 5. The predicted octanol–water partition coefficient (Wildman–Crippen LogP) is 2.65. The summed E-state index contributed by atoms with van der Waals surface area (Å²) in [6.07, 6.45) is 0. The van der Waals surface area contributed by atoms with Crippen LogP contribution in [0.5, 0.6) is 0 Å². The molecule has 0 radical (unpaired) electrons. The molecule has 0 bridgehead atoms. The number of hydrogen-bond donors (Lipinski definition) is 1. The number of benzene rings is 1. The standard InChI is InChI=1S/C17H25N5/c1-5-21(6-2)17(18)19-12-15-9-7-8-10-16(15)22-14(4)11-13(3)20-22/h7-11H,5-6,12H2,1-4H3,(H2,18,19). The average molecular weight is 299 g/mol. The number of aliphatic imine (C=N–C) groups is 1. The maximum atomic E-state index is 6.06. The van der Waals surface area contributed by atoms with Gasteiger partial charge in [-0.25, -0.2) is 9.67 Å². The second kappa shape index (κ2) is 7.11. The Balaban J connectivity index is 2.30. The lowest BCUT2D eigenvalue weighted by Gasteiger charge is -2.19. The molecule has 1 aromatic heterocycles. The summed E-state index contributed by atoms with van der Waals surface area (Å²) in [5.41, 5.74) is 10.4. The smallest absolute Gasteiger partial charge is 0.191 e. The van der Waals surface area contributed by atoms with Crippen molar-refractivity contribution in [1.29, 1.82) is 0 Å². The van der Waals surface area contributed by atoms with Gasteiger partial charge >= 0.3 is 0 Å². The minimum absolute atomic E-state index is 0.552. The van der Waals surface area contributed by atoms with E-state index in [2.05, 4.69) is 49.1 Å². The normalized spacial score (nSPS) is 11.7. The molecule has 2 aromatic rings. The third-order valence-corrected chi connectivity index (χ3v) is 3.73. The largest absolute Gasteiger partial charge is 0.370 e. The second-order valence-corrected chi connectivity index (χ2v) is 5.31. The Morgan fingerprint density at radius 2 is 1.91 bits per heavy atom. The van der Waals surface area contributed by atoms with E-state index in [1.54, 1.807) is 0 Å². The number of hydrogen-bond acceptors (Lipinski definition) is 2. The Labute approximate surface area is 132 Å². The third-order valence-electron chi connectivity index (χ3n) is 3.73. The third kappa shape index (κ3) is 3.47. The first-order chi connectivity index (χ1) is 10.6. The molecule has 0 saturated heterocycles. The molecule has 0 atom stereocenters. The van der Waals surface area contributed by atoms with E-state index in [4.69, 9.17) is 5.73 Å². The second-order valence-electron chi connectivity index (χ2n) is 5.31. The van der Waals surface area contributed by atoms with Crippen molar-refractivity contribution in [3.05, 3.63) is 47.3 Å². The van der Waals surface area contributed by atoms with Crippen LogP contribution in [0, 0.1) is 13.8 Å². The Morgan fingerprint density at radius 3 is 2.50 bits per heavy atom. The van der Waals surface area contributed by atoms with Gasteiger partial charge in [-0.15, -0.1) is 0 Å². The van der Waals surface area contributed by atoms with Crippen molar-refractivity contribution < 1.29 is 0 Å². The molecule has 0 aliphatic carbocycles. The van der Waals surface area contributed by atoms with Crippen molar-refractivity contribution in [1.82, 2.24) is 14.7 Å². The van der Waals surface area contributed by atoms with E-state index in [1.165, 1.54) is 0 Å². The number of nitrogens with two attached hydrogens (primary N) is 1. The number of para-hydroxylation sites is 1. The van der Waals surface area contributed by atoms with Crippen LogP contribution in [0.1, 0.15) is 30.8 Å². The van der Waals surface area contributed by atoms with Crippen molar-refractivity contribution in [2.45, 2.75) is 34.2 Å². The zero-order chi connectivity index (χ0) is 16.1. The number of nitrogens with zero attached hydrogens (tertiary/aromatic N) is 4. The van der Waals surface area contributed by atoms with Gasteiger partial charge < -0.3 is 10.6 Å². The van der Waals surface area contributed by atoms with E-state index in [0.717, 1.165) is 35.7 Å². The Hall–Kier alpha value is -2.30. The monoisotopic (exact) mass is 299 g/mol. The molecule has 1 heterocycles. The van der Waals surface area contributed by atoms with Crippen LogP contribution in [-0.2, 0) is 6.54 Å². The SMILES string of the molecule is CCN(CC)C(N)=NCc1ccccc1-n1nc(C)cc1C. The highest BCUT2D eigenvalue weighted by Gasteiger charge is 2.09. The predicted molar refractivity (Wildman–Crippen MR) is 91.3 cm³/mol. The quantitative estimate of drug-likeness (QED) is 0.682. The van der Waals surface area contributed by atoms with Gasteiger partial charge in [-0.05, 0) is 45.4 Å². The molecule has 2 N–H and O–H groups in total. The van der Waals surface area contributed by atoms with Crippen LogP contribution < -0.4 is 5.73 Å². The van der Waals surface area contributed by atoms with Crippen molar-refractivity contribution in [3.8, 4) is 5.69 Å². The van der Waals surface area contributed by atoms with E-state index >= 15 is 0 Å². The molecular formula is C17H25N5. The molecule has 0 aliphatic rings. The zero-order valence-electron chi connectivity index (χ0n) is 13.9. The summed E-state index contributed by atoms with van der Waals surface area (Å²) < 4.78 is 1.97. The van der Waals surface area contributed by atoms with E-state index < -0.39 is 0 Å². The van der Waals surface area contributed by atoms with Crippen LogP contribution in [-0.4, -0.2) is 33.7 Å². The minimum Gasteiger partial charge on any atom is -0.370 e. The fourth-order valence-electron chi connectivity index (χ4n) is 2.54.